The van der Waals surface area contributed by atoms with E-state index in [9.17, 15) is 23.1 Å². The van der Waals surface area contributed by atoms with Crippen LogP contribution in [0, 0.1) is 5.92 Å². The van der Waals surface area contributed by atoms with E-state index in [0.717, 1.165) is 5.56 Å². The fraction of sp³-hybridized carbons (Fsp3) is 0.458. The monoisotopic (exact) mass is 489 g/mol. The van der Waals surface area contributed by atoms with Gasteiger partial charge in [-0.25, -0.2) is 9.50 Å². The maximum absolute atomic E-state index is 13.2. The van der Waals surface area contributed by atoms with Crippen molar-refractivity contribution in [2.24, 2.45) is 5.92 Å². The summed E-state index contributed by atoms with van der Waals surface area (Å²) in [4.78, 5) is 19.4. The van der Waals surface area contributed by atoms with E-state index in [1.807, 2.05) is 30.9 Å². The second-order valence-electron chi connectivity index (χ2n) is 9.73. The van der Waals surface area contributed by atoms with Crippen LogP contribution in [0.1, 0.15) is 42.6 Å². The van der Waals surface area contributed by atoms with E-state index in [0.29, 0.717) is 47.8 Å². The third-order valence-corrected chi connectivity index (χ3v) is 6.62. The summed E-state index contributed by atoms with van der Waals surface area (Å²) in [6, 6.07) is 5.42. The Morgan fingerprint density at radius 3 is 2.74 bits per heavy atom. The number of nitrogens with zero attached hydrogens (tertiary/aromatic N) is 4. The molecule has 1 aromatic carbocycles. The van der Waals surface area contributed by atoms with Gasteiger partial charge in [0.1, 0.15) is 16.9 Å². The average Bonchev–Trinajstić information content (AvgIpc) is 3.36. The third kappa shape index (κ3) is 4.52. The number of halogens is 3. The minimum atomic E-state index is -4.64. The summed E-state index contributed by atoms with van der Waals surface area (Å²) in [5.74, 6) is -0.558. The first kappa shape index (κ1) is 23.4. The van der Waals surface area contributed by atoms with Crippen molar-refractivity contribution in [1.29, 1.82) is 0 Å². The highest BCUT2D eigenvalue weighted by atomic mass is 19.4. The Morgan fingerprint density at radius 1 is 1.29 bits per heavy atom. The molecule has 1 fully saturated rings. The van der Waals surface area contributed by atoms with Crippen LogP contribution in [0.2, 0.25) is 0 Å². The van der Waals surface area contributed by atoms with Crippen LogP contribution in [0.5, 0.6) is 5.75 Å². The quantitative estimate of drug-likeness (QED) is 0.579. The number of fused-ring (bicyclic) bond motifs is 2. The number of carbonyl (C=O) groups excluding carboxylic acids is 1. The Kier molecular flexibility index (Phi) is 5.62. The van der Waals surface area contributed by atoms with Gasteiger partial charge in [0.15, 0.2) is 11.8 Å². The largest absolute Gasteiger partial charge is 0.487 e. The molecule has 2 aromatic heterocycles. The van der Waals surface area contributed by atoms with Crippen LogP contribution in [-0.4, -0.2) is 56.6 Å². The van der Waals surface area contributed by atoms with Gasteiger partial charge in [0.25, 0.3) is 5.91 Å². The Balaban J connectivity index is 1.43. The number of rotatable bonds is 4. The minimum absolute atomic E-state index is 0.176. The lowest BCUT2D eigenvalue weighted by atomic mass is 9.90. The molecule has 1 saturated heterocycles. The summed E-state index contributed by atoms with van der Waals surface area (Å²) < 4.78 is 46.5. The summed E-state index contributed by atoms with van der Waals surface area (Å²) in [6.07, 6.45) is -1.25. The number of ether oxygens (including phenoxy) is 1. The second-order valence-corrected chi connectivity index (χ2v) is 9.73. The Labute approximate surface area is 199 Å². The summed E-state index contributed by atoms with van der Waals surface area (Å²) in [7, 11) is 0. The van der Waals surface area contributed by atoms with Gasteiger partial charge in [-0.15, -0.1) is 0 Å². The summed E-state index contributed by atoms with van der Waals surface area (Å²) in [6.45, 7) is 4.56. The van der Waals surface area contributed by atoms with Crippen molar-refractivity contribution in [2.45, 2.75) is 51.0 Å². The van der Waals surface area contributed by atoms with Gasteiger partial charge < -0.3 is 20.1 Å². The van der Waals surface area contributed by atoms with Gasteiger partial charge in [-0.05, 0) is 44.7 Å². The van der Waals surface area contributed by atoms with Crippen LogP contribution >= 0.6 is 0 Å². The van der Waals surface area contributed by atoms with Crippen LogP contribution in [-0.2, 0) is 6.42 Å². The lowest BCUT2D eigenvalue weighted by Gasteiger charge is -2.37. The lowest BCUT2D eigenvalue weighted by Crippen LogP contribution is -2.43. The number of aromatic nitrogens is 3. The summed E-state index contributed by atoms with van der Waals surface area (Å²) in [5, 5.41) is 16.8. The first-order valence-electron chi connectivity index (χ1n) is 11.5. The molecular weight excluding hydrogens is 463 g/mol. The number of nitrogens with one attached hydrogen (secondary N) is 1. The van der Waals surface area contributed by atoms with Crippen LogP contribution in [0.15, 0.2) is 36.8 Å². The predicted octanol–water partition coefficient (Wildman–Crippen LogP) is 3.83. The van der Waals surface area contributed by atoms with Crippen molar-refractivity contribution < 1.29 is 27.8 Å². The van der Waals surface area contributed by atoms with Crippen molar-refractivity contribution in [2.75, 3.05) is 23.3 Å². The lowest BCUT2D eigenvalue weighted by molar-refractivity contribution is -0.221. The molecule has 4 heterocycles. The zero-order valence-corrected chi connectivity index (χ0v) is 19.3. The fourth-order valence-electron chi connectivity index (χ4n) is 4.90. The zero-order chi connectivity index (χ0) is 25.0. The van der Waals surface area contributed by atoms with Crippen LogP contribution in [0.4, 0.5) is 24.5 Å². The van der Waals surface area contributed by atoms with Crippen molar-refractivity contribution >= 4 is 22.9 Å². The highest BCUT2D eigenvalue weighted by molar-refractivity contribution is 6.09. The maximum Gasteiger partial charge on any atom is 0.414 e. The van der Waals surface area contributed by atoms with Crippen molar-refractivity contribution in [1.82, 2.24) is 14.6 Å². The van der Waals surface area contributed by atoms with Crippen LogP contribution < -0.4 is 15.0 Å². The van der Waals surface area contributed by atoms with Gasteiger partial charge in [-0.2, -0.15) is 18.3 Å². The number of piperidine rings is 1. The second kappa shape index (κ2) is 8.40. The molecule has 11 heteroatoms. The Hall–Kier alpha value is -3.34. The number of carbonyl (C=O) groups is 1. The van der Waals surface area contributed by atoms with E-state index in [1.165, 1.54) is 10.7 Å². The third-order valence-electron chi connectivity index (χ3n) is 6.62. The van der Waals surface area contributed by atoms with Gasteiger partial charge in [-0.1, -0.05) is 0 Å². The van der Waals surface area contributed by atoms with E-state index < -0.39 is 23.8 Å². The molecule has 1 atom stereocenters. The molecule has 2 aliphatic heterocycles. The molecule has 35 heavy (non-hydrogen) atoms. The van der Waals surface area contributed by atoms with Crippen molar-refractivity contribution in [3.63, 3.8) is 0 Å². The smallest absolute Gasteiger partial charge is 0.414 e. The number of hydrogen-bond acceptors (Lipinski definition) is 6. The van der Waals surface area contributed by atoms with Crippen LogP contribution in [0.3, 0.4) is 0 Å². The van der Waals surface area contributed by atoms with Gasteiger partial charge in [-0.3, -0.25) is 4.79 Å². The van der Waals surface area contributed by atoms with Gasteiger partial charge in [0.05, 0.1) is 17.6 Å². The molecule has 2 N–H and O–H groups in total. The van der Waals surface area contributed by atoms with E-state index in [-0.39, 0.29) is 18.7 Å². The SMILES string of the molecule is CC1(C)Cc2cc(NC(=O)c3cnn4cccnc34)c(N3CCC(C(O)C(F)(F)F)CC3)cc2O1. The number of amides is 1. The molecule has 3 aromatic rings. The Morgan fingerprint density at radius 2 is 2.03 bits per heavy atom. The predicted molar refractivity (Wildman–Crippen MR) is 123 cm³/mol. The Bertz CT molecular complexity index is 1270. The first-order valence-corrected chi connectivity index (χ1v) is 11.5. The number of benzene rings is 1. The summed E-state index contributed by atoms with van der Waals surface area (Å²) >= 11 is 0. The maximum atomic E-state index is 13.2. The van der Waals surface area contributed by atoms with Crippen LogP contribution in [0.25, 0.3) is 5.65 Å². The molecule has 2 aliphatic rings. The molecule has 1 amide bonds. The molecule has 5 rings (SSSR count). The molecule has 0 saturated carbocycles. The zero-order valence-electron chi connectivity index (χ0n) is 19.3. The standard InChI is InChI=1S/C24H26F3N5O3/c1-23(2)12-15-10-17(30-22(34)16-13-29-32-7-3-6-28-21(16)32)18(11-19(15)35-23)31-8-4-14(5-9-31)20(33)24(25,26)27/h3,6-7,10-11,13-14,20,33H,4-5,8-9,12H2,1-2H3,(H,30,34). The average molecular weight is 489 g/mol. The molecule has 186 valence electrons. The molecule has 1 unspecified atom stereocenters. The van der Waals surface area contributed by atoms with Crippen molar-refractivity contribution in [3.8, 4) is 5.75 Å². The van der Waals surface area contributed by atoms with Gasteiger partial charge in [0.2, 0.25) is 0 Å². The van der Waals surface area contributed by atoms with E-state index in [4.69, 9.17) is 4.74 Å². The van der Waals surface area contributed by atoms with E-state index in [1.54, 1.807) is 18.5 Å². The van der Waals surface area contributed by atoms with E-state index in [2.05, 4.69) is 15.4 Å². The number of aliphatic hydroxyl groups is 1. The molecule has 0 aliphatic carbocycles. The van der Waals surface area contributed by atoms with E-state index >= 15 is 0 Å². The highest BCUT2D eigenvalue weighted by Crippen LogP contribution is 2.43. The number of anilines is 2. The molecule has 0 radical (unpaired) electrons. The number of alkyl halides is 3. The highest BCUT2D eigenvalue weighted by Gasteiger charge is 2.44. The molecule has 8 nitrogen and oxygen atoms in total. The number of aliphatic hydroxyl groups excluding tert-OH is 1. The number of hydrogen-bond donors (Lipinski definition) is 2. The van der Waals surface area contributed by atoms with Gasteiger partial charge in [0, 0.05) is 43.5 Å². The molecular formula is C24H26F3N5O3. The molecule has 0 spiro atoms. The molecule has 0 bridgehead atoms. The normalized spacial score (nSPS) is 18.9. The topological polar surface area (TPSA) is 92.0 Å². The minimum Gasteiger partial charge on any atom is -0.487 e. The first-order chi connectivity index (χ1) is 16.5. The van der Waals surface area contributed by atoms with Gasteiger partial charge >= 0.3 is 6.18 Å². The fourth-order valence-corrected chi connectivity index (χ4v) is 4.90. The van der Waals surface area contributed by atoms with Crippen molar-refractivity contribution in [3.05, 3.63) is 47.9 Å². The summed E-state index contributed by atoms with van der Waals surface area (Å²) in [5.41, 5.74) is 2.46.